The van der Waals surface area contributed by atoms with Gasteiger partial charge in [0.1, 0.15) is 11.4 Å². The second kappa shape index (κ2) is 8.17. The van der Waals surface area contributed by atoms with Crippen LogP contribution in [-0.2, 0) is 22.9 Å². The van der Waals surface area contributed by atoms with E-state index in [4.69, 9.17) is 11.6 Å². The average Bonchev–Trinajstić information content (AvgIpc) is 3.45. The van der Waals surface area contributed by atoms with E-state index in [1.807, 2.05) is 19.1 Å². The third-order valence-electron chi connectivity index (χ3n) is 6.63. The summed E-state index contributed by atoms with van der Waals surface area (Å²) in [5.74, 6) is -0.472. The predicted molar refractivity (Wildman–Crippen MR) is 128 cm³/mol. The monoisotopic (exact) mass is 491 g/mol. The van der Waals surface area contributed by atoms with Gasteiger partial charge >= 0.3 is 0 Å². The molecule has 9 heteroatoms. The van der Waals surface area contributed by atoms with Crippen LogP contribution in [0.5, 0.6) is 0 Å². The van der Waals surface area contributed by atoms with Crippen molar-refractivity contribution >= 4 is 33.3 Å². The van der Waals surface area contributed by atoms with Crippen LogP contribution in [0.1, 0.15) is 65.7 Å². The van der Waals surface area contributed by atoms with Gasteiger partial charge in [0.25, 0.3) is 11.8 Å². The first-order valence-corrected chi connectivity index (χ1v) is 13.0. The summed E-state index contributed by atoms with van der Waals surface area (Å²) in [6.45, 7) is 8.32. The molecule has 0 spiro atoms. The predicted octanol–water partition coefficient (Wildman–Crippen LogP) is 3.58. The quantitative estimate of drug-likeness (QED) is 0.668. The zero-order chi connectivity index (χ0) is 24.2. The van der Waals surface area contributed by atoms with Crippen molar-refractivity contribution in [2.24, 2.45) is 0 Å². The number of carbonyl (C=O) groups excluding carboxylic acids is 2. The van der Waals surface area contributed by atoms with Crippen molar-refractivity contribution in [3.8, 4) is 0 Å². The first-order valence-electron chi connectivity index (χ1n) is 11.1. The minimum atomic E-state index is -3.39. The Morgan fingerprint density at radius 1 is 1.15 bits per heavy atom. The lowest BCUT2D eigenvalue weighted by molar-refractivity contribution is 0.0698. The molecule has 0 atom stereocenters. The third-order valence-corrected chi connectivity index (χ3v) is 10.2. The highest BCUT2D eigenvalue weighted by Gasteiger charge is 2.59. The van der Waals surface area contributed by atoms with Crippen LogP contribution in [0.4, 0.5) is 0 Å². The van der Waals surface area contributed by atoms with Gasteiger partial charge in [-0.05, 0) is 69.9 Å². The average molecular weight is 492 g/mol. The summed E-state index contributed by atoms with van der Waals surface area (Å²) in [6.07, 6.45) is 1.16. The van der Waals surface area contributed by atoms with E-state index in [-0.39, 0.29) is 18.4 Å². The number of hydrogen-bond acceptors (Lipinski definition) is 4. The molecule has 1 saturated carbocycles. The maximum absolute atomic E-state index is 13.3. The molecule has 1 aliphatic heterocycles. The molecule has 2 aromatic rings. The van der Waals surface area contributed by atoms with E-state index in [9.17, 15) is 18.0 Å². The highest BCUT2D eigenvalue weighted by atomic mass is 35.5. The summed E-state index contributed by atoms with van der Waals surface area (Å²) in [5, 5.41) is 3.55. The summed E-state index contributed by atoms with van der Waals surface area (Å²) >= 11 is 5.91. The number of aryl methyl sites for hydroxylation is 1. The molecular weight excluding hydrogens is 462 g/mol. The number of sulfone groups is 1. The molecule has 33 heavy (non-hydrogen) atoms. The molecule has 0 radical (unpaired) electrons. The number of nitrogens with zero attached hydrogens (tertiary/aromatic N) is 2. The molecule has 2 aliphatic rings. The maximum Gasteiger partial charge on any atom is 0.270 e. The Bertz CT molecular complexity index is 1210. The van der Waals surface area contributed by atoms with Crippen LogP contribution in [0.25, 0.3) is 0 Å². The van der Waals surface area contributed by atoms with Gasteiger partial charge in [-0.15, -0.1) is 0 Å². The van der Waals surface area contributed by atoms with E-state index in [0.29, 0.717) is 48.9 Å². The summed E-state index contributed by atoms with van der Waals surface area (Å²) in [4.78, 5) is 27.8. The molecule has 0 bridgehead atoms. The van der Waals surface area contributed by atoms with Crippen molar-refractivity contribution in [1.29, 1.82) is 0 Å². The van der Waals surface area contributed by atoms with Crippen LogP contribution in [-0.4, -0.2) is 52.3 Å². The number of aromatic nitrogens is 1. The van der Waals surface area contributed by atoms with E-state index in [0.717, 1.165) is 11.1 Å². The maximum atomic E-state index is 13.3. The zero-order valence-corrected chi connectivity index (χ0v) is 21.0. The second-order valence-electron chi connectivity index (χ2n) is 10.0. The van der Waals surface area contributed by atoms with Crippen molar-refractivity contribution in [2.75, 3.05) is 13.1 Å². The summed E-state index contributed by atoms with van der Waals surface area (Å²) < 4.78 is 26.3. The van der Waals surface area contributed by atoms with Gasteiger partial charge in [0.05, 0.1) is 9.49 Å². The van der Waals surface area contributed by atoms with Crippen LogP contribution in [0, 0.1) is 6.92 Å². The molecule has 4 rings (SSSR count). The summed E-state index contributed by atoms with van der Waals surface area (Å²) in [5.41, 5.74) is 2.54. The fraction of sp³-hybridized carbons (Fsp3) is 0.500. The molecule has 1 aromatic carbocycles. The van der Waals surface area contributed by atoms with Crippen LogP contribution in [0.15, 0.2) is 30.3 Å². The topological polar surface area (TPSA) is 88.5 Å². The van der Waals surface area contributed by atoms with E-state index < -0.39 is 19.3 Å². The van der Waals surface area contributed by atoms with Gasteiger partial charge in [-0.25, -0.2) is 8.42 Å². The normalized spacial score (nSPS) is 17.6. The fourth-order valence-corrected chi connectivity index (χ4v) is 6.94. The molecule has 2 heterocycles. The van der Waals surface area contributed by atoms with Crippen molar-refractivity contribution in [3.05, 3.63) is 57.9 Å². The van der Waals surface area contributed by atoms with Crippen LogP contribution in [0.3, 0.4) is 0 Å². The summed E-state index contributed by atoms with van der Waals surface area (Å²) in [6, 6.07) is 8.97. The van der Waals surface area contributed by atoms with Crippen molar-refractivity contribution in [3.63, 3.8) is 0 Å². The van der Waals surface area contributed by atoms with E-state index in [1.165, 1.54) is 0 Å². The fourth-order valence-electron chi connectivity index (χ4n) is 4.55. The molecule has 1 aromatic heterocycles. The number of fused-ring (bicyclic) bond motifs is 1. The molecule has 0 unspecified atom stereocenters. The molecule has 1 aliphatic carbocycles. The third kappa shape index (κ3) is 4.19. The second-order valence-corrected chi connectivity index (χ2v) is 13.6. The first kappa shape index (κ1) is 23.8. The molecular formula is C24H30ClN3O4S. The lowest BCUT2D eigenvalue weighted by Crippen LogP contribution is -2.50. The van der Waals surface area contributed by atoms with Crippen molar-refractivity contribution in [1.82, 2.24) is 14.8 Å². The molecule has 0 saturated heterocycles. The number of halogens is 1. The minimum absolute atomic E-state index is 0.202. The van der Waals surface area contributed by atoms with E-state index in [2.05, 4.69) is 5.32 Å². The molecule has 2 amide bonds. The van der Waals surface area contributed by atoms with Crippen LogP contribution >= 0.6 is 11.6 Å². The van der Waals surface area contributed by atoms with Crippen molar-refractivity contribution in [2.45, 2.75) is 63.1 Å². The smallest absolute Gasteiger partial charge is 0.270 e. The molecule has 7 nitrogen and oxygen atoms in total. The number of hydrogen-bond donors (Lipinski definition) is 1. The lowest BCUT2D eigenvalue weighted by Gasteiger charge is -2.34. The van der Waals surface area contributed by atoms with Gasteiger partial charge in [0, 0.05) is 31.2 Å². The van der Waals surface area contributed by atoms with Gasteiger partial charge in [-0.3, -0.25) is 9.59 Å². The standard InChI is InChI=1S/C24H30ClN3O4S/c1-16-13-19-22(30)27(15-24(9-10-24)33(31,32)23(2,3)4)11-12-28(19)20(16)21(29)26-14-17-5-7-18(25)8-6-17/h5-8,13H,9-12,14-15H2,1-4H3,(H,26,29). The molecule has 1 fully saturated rings. The molecule has 178 valence electrons. The highest BCUT2D eigenvalue weighted by molar-refractivity contribution is 7.94. The Labute approximate surface area is 200 Å². The Hall–Kier alpha value is -2.32. The van der Waals surface area contributed by atoms with Gasteiger partial charge in [0.2, 0.25) is 0 Å². The Kier molecular flexibility index (Phi) is 5.90. The first-order chi connectivity index (χ1) is 15.4. The summed E-state index contributed by atoms with van der Waals surface area (Å²) in [7, 11) is -3.39. The zero-order valence-electron chi connectivity index (χ0n) is 19.4. The van der Waals surface area contributed by atoms with E-state index in [1.54, 1.807) is 48.4 Å². The Morgan fingerprint density at radius 2 is 1.79 bits per heavy atom. The van der Waals surface area contributed by atoms with E-state index >= 15 is 0 Å². The van der Waals surface area contributed by atoms with Crippen LogP contribution < -0.4 is 5.32 Å². The Balaban J connectivity index is 1.51. The largest absolute Gasteiger partial charge is 0.347 e. The number of rotatable bonds is 6. The van der Waals surface area contributed by atoms with Gasteiger partial charge in [-0.2, -0.15) is 0 Å². The van der Waals surface area contributed by atoms with Gasteiger partial charge < -0.3 is 14.8 Å². The SMILES string of the molecule is Cc1cc2n(c1C(=O)NCc1ccc(Cl)cc1)CCN(CC1(S(=O)(=O)C(C)(C)C)CC1)C2=O. The molecule has 1 N–H and O–H groups in total. The number of carbonyl (C=O) groups is 2. The Morgan fingerprint density at radius 3 is 2.36 bits per heavy atom. The minimum Gasteiger partial charge on any atom is -0.347 e. The van der Waals surface area contributed by atoms with Gasteiger partial charge in [0.15, 0.2) is 9.84 Å². The highest BCUT2D eigenvalue weighted by Crippen LogP contribution is 2.49. The van der Waals surface area contributed by atoms with Crippen molar-refractivity contribution < 1.29 is 18.0 Å². The van der Waals surface area contributed by atoms with Gasteiger partial charge in [-0.1, -0.05) is 23.7 Å². The number of benzene rings is 1. The number of amides is 2. The number of nitrogens with one attached hydrogen (secondary N) is 1. The van der Waals surface area contributed by atoms with Crippen LogP contribution in [0.2, 0.25) is 5.02 Å². The lowest BCUT2D eigenvalue weighted by atomic mass is 10.2.